The zero-order valence-electron chi connectivity index (χ0n) is 8.59. The molecule has 0 aromatic heterocycles. The van der Waals surface area contributed by atoms with Crippen molar-refractivity contribution in [3.05, 3.63) is 31.8 Å². The Morgan fingerprint density at radius 1 is 1.56 bits per heavy atom. The first kappa shape index (κ1) is 12.3. The summed E-state index contributed by atoms with van der Waals surface area (Å²) in [5, 5.41) is 6.27. The lowest BCUT2D eigenvalue weighted by Crippen LogP contribution is -2.36. The van der Waals surface area contributed by atoms with Gasteiger partial charge in [-0.1, -0.05) is 15.9 Å². The van der Waals surface area contributed by atoms with Gasteiger partial charge in [-0.25, -0.2) is 0 Å². The number of carbonyl (C=O) groups excluding carboxylic acids is 1. The number of hydrogen-bond donors (Lipinski definition) is 2. The Labute approximate surface area is 117 Å². The monoisotopic (exact) mass is 394 g/mol. The van der Waals surface area contributed by atoms with Crippen molar-refractivity contribution in [2.75, 3.05) is 13.1 Å². The highest BCUT2D eigenvalue weighted by Gasteiger charge is 2.18. The molecule has 1 aromatic rings. The van der Waals surface area contributed by atoms with E-state index in [4.69, 9.17) is 0 Å². The fourth-order valence-corrected chi connectivity index (χ4v) is 2.65. The second kappa shape index (κ2) is 5.46. The van der Waals surface area contributed by atoms with E-state index >= 15 is 0 Å². The largest absolute Gasteiger partial charge is 0.348 e. The Morgan fingerprint density at radius 2 is 2.38 bits per heavy atom. The molecule has 16 heavy (non-hydrogen) atoms. The third-order valence-electron chi connectivity index (χ3n) is 2.57. The molecule has 0 spiro atoms. The molecule has 0 saturated carbocycles. The fourth-order valence-electron chi connectivity index (χ4n) is 1.71. The zero-order valence-corrected chi connectivity index (χ0v) is 12.3. The molecule has 1 aliphatic rings. The molecular formula is C11H12BrIN2O. The van der Waals surface area contributed by atoms with Crippen LogP contribution in [0.15, 0.2) is 22.7 Å². The Bertz CT molecular complexity index is 405. The minimum absolute atomic E-state index is 0.0133. The second-order valence-corrected chi connectivity index (χ2v) is 5.87. The van der Waals surface area contributed by atoms with Crippen LogP contribution in [0.3, 0.4) is 0 Å². The zero-order chi connectivity index (χ0) is 11.5. The van der Waals surface area contributed by atoms with Gasteiger partial charge in [0, 0.05) is 20.6 Å². The quantitative estimate of drug-likeness (QED) is 0.754. The third-order valence-corrected chi connectivity index (χ3v) is 4.00. The summed E-state index contributed by atoms with van der Waals surface area (Å²) in [5.41, 5.74) is 0.738. The van der Waals surface area contributed by atoms with Crippen molar-refractivity contribution < 1.29 is 4.79 Å². The number of halogens is 2. The van der Waals surface area contributed by atoms with Crippen LogP contribution in [0.4, 0.5) is 0 Å². The van der Waals surface area contributed by atoms with E-state index in [-0.39, 0.29) is 11.9 Å². The van der Waals surface area contributed by atoms with E-state index in [1.165, 1.54) is 0 Å². The number of nitrogens with one attached hydrogen (secondary N) is 2. The molecule has 0 aliphatic carbocycles. The average Bonchev–Trinajstić information content (AvgIpc) is 2.74. The predicted octanol–water partition coefficient (Wildman–Crippen LogP) is 2.15. The van der Waals surface area contributed by atoms with Crippen molar-refractivity contribution in [3.8, 4) is 0 Å². The molecule has 86 valence electrons. The predicted molar refractivity (Wildman–Crippen MR) is 75.6 cm³/mol. The Balaban J connectivity index is 2.10. The van der Waals surface area contributed by atoms with Gasteiger partial charge in [0.25, 0.3) is 5.91 Å². The molecule has 1 aromatic carbocycles. The summed E-state index contributed by atoms with van der Waals surface area (Å²) in [6.45, 7) is 1.86. The molecule has 1 atom stereocenters. The van der Waals surface area contributed by atoms with Gasteiger partial charge in [0.1, 0.15) is 0 Å². The summed E-state index contributed by atoms with van der Waals surface area (Å²) in [4.78, 5) is 12.0. The Morgan fingerprint density at radius 3 is 3.06 bits per heavy atom. The van der Waals surface area contributed by atoms with Gasteiger partial charge in [0.2, 0.25) is 0 Å². The maximum absolute atomic E-state index is 12.0. The summed E-state index contributed by atoms with van der Waals surface area (Å²) >= 11 is 5.56. The molecule has 0 radical (unpaired) electrons. The summed E-state index contributed by atoms with van der Waals surface area (Å²) < 4.78 is 1.91. The number of benzene rings is 1. The van der Waals surface area contributed by atoms with Crippen LogP contribution in [-0.2, 0) is 0 Å². The summed E-state index contributed by atoms with van der Waals surface area (Å²) in [5.74, 6) is 0.0133. The molecule has 1 unspecified atom stereocenters. The molecule has 2 rings (SSSR count). The highest BCUT2D eigenvalue weighted by molar-refractivity contribution is 14.1. The standard InChI is InChI=1S/C11H12BrIN2O/c12-7-1-2-10(13)9(5-7)11(16)15-8-3-4-14-6-8/h1-2,5,8,14H,3-4,6H2,(H,15,16). The van der Waals surface area contributed by atoms with Gasteiger partial charge in [0.15, 0.2) is 0 Å². The van der Waals surface area contributed by atoms with Crippen LogP contribution < -0.4 is 10.6 Å². The van der Waals surface area contributed by atoms with Gasteiger partial charge in [-0.15, -0.1) is 0 Å². The lowest BCUT2D eigenvalue weighted by atomic mass is 10.2. The number of rotatable bonds is 2. The molecule has 1 heterocycles. The van der Waals surface area contributed by atoms with Crippen molar-refractivity contribution in [2.45, 2.75) is 12.5 Å². The Hall–Kier alpha value is -0.140. The molecule has 1 aliphatic heterocycles. The second-order valence-electron chi connectivity index (χ2n) is 3.79. The summed E-state index contributed by atoms with van der Waals surface area (Å²) in [6.07, 6.45) is 1.01. The van der Waals surface area contributed by atoms with Gasteiger partial charge < -0.3 is 10.6 Å². The number of carbonyl (C=O) groups is 1. The topological polar surface area (TPSA) is 41.1 Å². The summed E-state index contributed by atoms with van der Waals surface area (Å²) in [7, 11) is 0. The molecule has 1 amide bonds. The van der Waals surface area contributed by atoms with Crippen LogP contribution in [0.25, 0.3) is 0 Å². The molecule has 5 heteroatoms. The van der Waals surface area contributed by atoms with Crippen LogP contribution in [0.2, 0.25) is 0 Å². The third kappa shape index (κ3) is 2.95. The first-order chi connectivity index (χ1) is 7.66. The maximum Gasteiger partial charge on any atom is 0.252 e. The van der Waals surface area contributed by atoms with Crippen molar-refractivity contribution in [1.29, 1.82) is 0 Å². The molecule has 2 N–H and O–H groups in total. The van der Waals surface area contributed by atoms with Crippen molar-refractivity contribution in [2.24, 2.45) is 0 Å². The van der Waals surface area contributed by atoms with Gasteiger partial charge in [-0.05, 0) is 53.8 Å². The first-order valence-corrected chi connectivity index (χ1v) is 7.00. The fraction of sp³-hybridized carbons (Fsp3) is 0.364. The molecule has 1 saturated heterocycles. The van der Waals surface area contributed by atoms with Crippen LogP contribution in [-0.4, -0.2) is 25.0 Å². The number of amides is 1. The van der Waals surface area contributed by atoms with Gasteiger partial charge in [-0.3, -0.25) is 4.79 Å². The molecular weight excluding hydrogens is 383 g/mol. The van der Waals surface area contributed by atoms with Crippen molar-refractivity contribution in [3.63, 3.8) is 0 Å². The summed E-state index contributed by atoms with van der Waals surface area (Å²) in [6, 6.07) is 6.00. The normalized spacial score (nSPS) is 19.8. The number of hydrogen-bond acceptors (Lipinski definition) is 2. The molecule has 1 fully saturated rings. The van der Waals surface area contributed by atoms with Crippen molar-refractivity contribution in [1.82, 2.24) is 10.6 Å². The molecule has 3 nitrogen and oxygen atoms in total. The smallest absolute Gasteiger partial charge is 0.252 e. The Kier molecular flexibility index (Phi) is 4.21. The van der Waals surface area contributed by atoms with E-state index in [9.17, 15) is 4.79 Å². The van der Waals surface area contributed by atoms with E-state index < -0.39 is 0 Å². The maximum atomic E-state index is 12.0. The van der Waals surface area contributed by atoms with Crippen LogP contribution in [0.5, 0.6) is 0 Å². The first-order valence-electron chi connectivity index (χ1n) is 5.13. The van der Waals surface area contributed by atoms with E-state index in [1.54, 1.807) is 0 Å². The van der Waals surface area contributed by atoms with E-state index in [0.29, 0.717) is 0 Å². The minimum atomic E-state index is 0.0133. The van der Waals surface area contributed by atoms with E-state index in [1.807, 2.05) is 18.2 Å². The minimum Gasteiger partial charge on any atom is -0.348 e. The highest BCUT2D eigenvalue weighted by atomic mass is 127. The van der Waals surface area contributed by atoms with Gasteiger partial charge in [-0.2, -0.15) is 0 Å². The van der Waals surface area contributed by atoms with Crippen molar-refractivity contribution >= 4 is 44.4 Å². The highest BCUT2D eigenvalue weighted by Crippen LogP contribution is 2.18. The van der Waals surface area contributed by atoms with Gasteiger partial charge >= 0.3 is 0 Å². The lowest BCUT2D eigenvalue weighted by Gasteiger charge is -2.12. The lowest BCUT2D eigenvalue weighted by molar-refractivity contribution is 0.0939. The average molecular weight is 395 g/mol. The van der Waals surface area contributed by atoms with E-state index in [0.717, 1.165) is 33.1 Å². The SMILES string of the molecule is O=C(NC1CCNC1)c1cc(Br)ccc1I. The van der Waals surface area contributed by atoms with Crippen LogP contribution >= 0.6 is 38.5 Å². The molecule has 0 bridgehead atoms. The van der Waals surface area contributed by atoms with Crippen LogP contribution in [0.1, 0.15) is 16.8 Å². The van der Waals surface area contributed by atoms with Crippen LogP contribution in [0, 0.1) is 3.57 Å². The van der Waals surface area contributed by atoms with Gasteiger partial charge in [0.05, 0.1) is 5.56 Å². The van der Waals surface area contributed by atoms with E-state index in [2.05, 4.69) is 49.2 Å².